The minimum atomic E-state index is -3.27. The van der Waals surface area contributed by atoms with Crippen molar-refractivity contribution in [3.05, 3.63) is 18.2 Å². The van der Waals surface area contributed by atoms with Crippen LogP contribution in [0.1, 0.15) is 6.42 Å². The van der Waals surface area contributed by atoms with Gasteiger partial charge in [0.1, 0.15) is 5.75 Å². The summed E-state index contributed by atoms with van der Waals surface area (Å²) in [5.41, 5.74) is 6.64. The van der Waals surface area contributed by atoms with Gasteiger partial charge >= 0.3 is 0 Å². The van der Waals surface area contributed by atoms with Gasteiger partial charge in [-0.25, -0.2) is 8.42 Å². The molecule has 1 aromatic rings. The van der Waals surface area contributed by atoms with Gasteiger partial charge in [-0.05, 0) is 24.6 Å². The van der Waals surface area contributed by atoms with Crippen LogP contribution in [0, 0.1) is 0 Å². The number of nitrogens with zero attached hydrogens (tertiary/aromatic N) is 1. The first-order valence-corrected chi connectivity index (χ1v) is 7.74. The lowest BCUT2D eigenvalue weighted by Gasteiger charge is -2.14. The minimum absolute atomic E-state index is 0. The summed E-state index contributed by atoms with van der Waals surface area (Å²) < 4.78 is 29.4. The van der Waals surface area contributed by atoms with Crippen LogP contribution in [-0.2, 0) is 14.8 Å². The molecule has 118 valence electrons. The Bertz CT molecular complexity index is 621. The highest BCUT2D eigenvalue weighted by Gasteiger charge is 2.29. The summed E-state index contributed by atoms with van der Waals surface area (Å²) >= 11 is 0. The Labute approximate surface area is 129 Å². The molecule has 0 spiro atoms. The highest BCUT2D eigenvalue weighted by Crippen LogP contribution is 2.24. The van der Waals surface area contributed by atoms with Gasteiger partial charge in [-0.2, -0.15) is 4.31 Å². The number of nitrogens with one attached hydrogen (secondary N) is 1. The number of rotatable bonds is 4. The molecule has 0 saturated carbocycles. The molecule has 1 saturated heterocycles. The number of ether oxygens (including phenoxy) is 1. The zero-order valence-corrected chi connectivity index (χ0v) is 13.2. The second kappa shape index (κ2) is 6.97. The van der Waals surface area contributed by atoms with Gasteiger partial charge in [0, 0.05) is 12.2 Å². The summed E-state index contributed by atoms with van der Waals surface area (Å²) in [5.74, 6) is 0.237. The average molecular weight is 336 g/mol. The summed E-state index contributed by atoms with van der Waals surface area (Å²) in [6.07, 6.45) is 0.561. The molecule has 2 rings (SSSR count). The van der Waals surface area contributed by atoms with Crippen molar-refractivity contribution in [2.75, 3.05) is 37.0 Å². The molecule has 0 aliphatic carbocycles. The molecule has 3 N–H and O–H groups in total. The summed E-state index contributed by atoms with van der Waals surface area (Å²) in [7, 11) is -1.76. The fourth-order valence-corrected chi connectivity index (χ4v) is 3.52. The van der Waals surface area contributed by atoms with E-state index in [9.17, 15) is 13.2 Å². The van der Waals surface area contributed by atoms with Crippen LogP contribution >= 0.6 is 12.4 Å². The monoisotopic (exact) mass is 335 g/mol. The summed E-state index contributed by atoms with van der Waals surface area (Å²) in [4.78, 5) is 11.8. The van der Waals surface area contributed by atoms with E-state index < -0.39 is 10.0 Å². The van der Waals surface area contributed by atoms with Crippen LogP contribution in [0.2, 0.25) is 0 Å². The third-order valence-electron chi connectivity index (χ3n) is 3.04. The summed E-state index contributed by atoms with van der Waals surface area (Å²) in [5, 5.41) is 2.62. The molecule has 0 bridgehead atoms. The maximum atomic E-state index is 11.8. The number of nitrogens with two attached hydrogens (primary N) is 1. The second-order valence-electron chi connectivity index (χ2n) is 4.51. The first kappa shape index (κ1) is 17.5. The van der Waals surface area contributed by atoms with E-state index in [1.165, 1.54) is 11.4 Å². The van der Waals surface area contributed by atoms with Crippen LogP contribution in [-0.4, -0.2) is 44.6 Å². The van der Waals surface area contributed by atoms with E-state index in [2.05, 4.69) is 5.32 Å². The molecule has 0 aromatic heterocycles. The van der Waals surface area contributed by atoms with E-state index >= 15 is 0 Å². The van der Waals surface area contributed by atoms with Crippen LogP contribution in [0.5, 0.6) is 5.75 Å². The number of anilines is 2. The van der Waals surface area contributed by atoms with Gasteiger partial charge in [0.15, 0.2) is 0 Å². The number of carbonyl (C=O) groups is 1. The van der Waals surface area contributed by atoms with Crippen molar-refractivity contribution in [1.82, 2.24) is 4.31 Å². The number of sulfonamides is 1. The molecule has 1 aliphatic rings. The lowest BCUT2D eigenvalue weighted by atomic mass is 10.2. The topological polar surface area (TPSA) is 102 Å². The second-order valence-corrected chi connectivity index (χ2v) is 6.60. The molecule has 1 fully saturated rings. The molecule has 1 heterocycles. The predicted octanol–water partition coefficient (Wildman–Crippen LogP) is 0.673. The van der Waals surface area contributed by atoms with Crippen LogP contribution in [0.3, 0.4) is 0 Å². The number of benzene rings is 1. The smallest absolute Gasteiger partial charge is 0.239 e. The van der Waals surface area contributed by atoms with E-state index in [-0.39, 0.29) is 30.6 Å². The molecule has 9 heteroatoms. The van der Waals surface area contributed by atoms with Gasteiger partial charge < -0.3 is 15.8 Å². The Morgan fingerprint density at radius 3 is 2.71 bits per heavy atom. The molecule has 1 aromatic carbocycles. The first-order valence-electron chi connectivity index (χ1n) is 6.13. The molecular formula is C12H18ClN3O4S. The lowest BCUT2D eigenvalue weighted by Crippen LogP contribution is -2.34. The highest BCUT2D eigenvalue weighted by atomic mass is 35.5. The number of hydrogen-bond acceptors (Lipinski definition) is 5. The number of nitrogen functional groups attached to an aromatic ring is 1. The Balaban J connectivity index is 0.00000220. The standard InChI is InChI=1S/C12H17N3O4S.ClH/c1-19-11-4-3-9(7-10(11)13)14-12(16)8-15-5-2-6-20(15,17)18;/h3-4,7H,2,5-6,8,13H2,1H3,(H,14,16);1H. The zero-order valence-electron chi connectivity index (χ0n) is 11.5. The summed E-state index contributed by atoms with van der Waals surface area (Å²) in [6.45, 7) is 0.217. The summed E-state index contributed by atoms with van der Waals surface area (Å²) in [6, 6.07) is 4.85. The number of methoxy groups -OCH3 is 1. The third-order valence-corrected chi connectivity index (χ3v) is 4.94. The van der Waals surface area contributed by atoms with E-state index in [0.717, 1.165) is 0 Å². The zero-order chi connectivity index (χ0) is 14.8. The minimum Gasteiger partial charge on any atom is -0.495 e. The van der Waals surface area contributed by atoms with Crippen molar-refractivity contribution in [1.29, 1.82) is 0 Å². The van der Waals surface area contributed by atoms with Crippen molar-refractivity contribution in [2.45, 2.75) is 6.42 Å². The molecular weight excluding hydrogens is 318 g/mol. The van der Waals surface area contributed by atoms with Gasteiger partial charge in [0.25, 0.3) is 0 Å². The first-order chi connectivity index (χ1) is 9.42. The number of carbonyl (C=O) groups excluding carboxylic acids is 1. The third kappa shape index (κ3) is 4.23. The molecule has 0 radical (unpaired) electrons. The van der Waals surface area contributed by atoms with Gasteiger partial charge in [0.2, 0.25) is 15.9 Å². The van der Waals surface area contributed by atoms with Crippen LogP contribution < -0.4 is 15.8 Å². The van der Waals surface area contributed by atoms with Crippen molar-refractivity contribution in [2.24, 2.45) is 0 Å². The molecule has 1 aliphatic heterocycles. The fourth-order valence-electron chi connectivity index (χ4n) is 2.04. The molecule has 7 nitrogen and oxygen atoms in total. The quantitative estimate of drug-likeness (QED) is 0.787. The Morgan fingerprint density at radius 2 is 2.19 bits per heavy atom. The largest absolute Gasteiger partial charge is 0.495 e. The molecule has 21 heavy (non-hydrogen) atoms. The van der Waals surface area contributed by atoms with Crippen molar-refractivity contribution in [3.8, 4) is 5.75 Å². The number of hydrogen-bond donors (Lipinski definition) is 2. The highest BCUT2D eigenvalue weighted by molar-refractivity contribution is 7.89. The van der Waals surface area contributed by atoms with Crippen LogP contribution in [0.25, 0.3) is 0 Å². The SMILES string of the molecule is COc1ccc(NC(=O)CN2CCCS2(=O)=O)cc1N.Cl. The molecule has 0 atom stereocenters. The number of amides is 1. The van der Waals surface area contributed by atoms with E-state index in [1.807, 2.05) is 0 Å². The maximum Gasteiger partial charge on any atom is 0.239 e. The van der Waals surface area contributed by atoms with Gasteiger partial charge in [0.05, 0.1) is 25.1 Å². The normalized spacial score (nSPS) is 17.0. The van der Waals surface area contributed by atoms with Crippen molar-refractivity contribution < 1.29 is 17.9 Å². The average Bonchev–Trinajstić information content (AvgIpc) is 2.69. The van der Waals surface area contributed by atoms with Crippen LogP contribution in [0.15, 0.2) is 18.2 Å². The Kier molecular flexibility index (Phi) is 5.82. The van der Waals surface area contributed by atoms with E-state index in [4.69, 9.17) is 10.5 Å². The van der Waals surface area contributed by atoms with Gasteiger partial charge in [-0.3, -0.25) is 4.79 Å². The van der Waals surface area contributed by atoms with Crippen molar-refractivity contribution >= 4 is 39.7 Å². The maximum absolute atomic E-state index is 11.8. The van der Waals surface area contributed by atoms with E-state index in [1.54, 1.807) is 18.2 Å². The van der Waals surface area contributed by atoms with Crippen molar-refractivity contribution in [3.63, 3.8) is 0 Å². The van der Waals surface area contributed by atoms with Gasteiger partial charge in [-0.1, -0.05) is 0 Å². The van der Waals surface area contributed by atoms with Crippen LogP contribution in [0.4, 0.5) is 11.4 Å². The predicted molar refractivity (Wildman–Crippen MR) is 83.3 cm³/mol. The van der Waals surface area contributed by atoms with Gasteiger partial charge in [-0.15, -0.1) is 12.4 Å². The lowest BCUT2D eigenvalue weighted by molar-refractivity contribution is -0.116. The Morgan fingerprint density at radius 1 is 1.48 bits per heavy atom. The van der Waals surface area contributed by atoms with E-state index in [0.29, 0.717) is 30.1 Å². The molecule has 0 unspecified atom stereocenters. The Hall–Kier alpha value is -1.51. The fraction of sp³-hybridized carbons (Fsp3) is 0.417. The molecule has 1 amide bonds. The number of halogens is 1.